The first-order chi connectivity index (χ1) is 10.9. The molecule has 8 nitrogen and oxygen atoms in total. The lowest BCUT2D eigenvalue weighted by Gasteiger charge is -2.04. The molecule has 0 radical (unpaired) electrons. The number of nitro benzene ring substituents is 1. The van der Waals surface area contributed by atoms with Crippen LogP contribution in [0.2, 0.25) is 0 Å². The lowest BCUT2D eigenvalue weighted by Crippen LogP contribution is -2.25. The van der Waals surface area contributed by atoms with Crippen LogP contribution in [0.15, 0.2) is 35.4 Å². The van der Waals surface area contributed by atoms with E-state index in [4.69, 9.17) is 0 Å². The van der Waals surface area contributed by atoms with Gasteiger partial charge in [-0.3, -0.25) is 19.6 Å². The smallest absolute Gasteiger partial charge is 0.269 e. The van der Waals surface area contributed by atoms with Gasteiger partial charge in [-0.15, -0.1) is 0 Å². The molecule has 0 saturated carbocycles. The molecule has 1 aromatic carbocycles. The van der Waals surface area contributed by atoms with Crippen molar-refractivity contribution in [2.75, 3.05) is 0 Å². The first kappa shape index (κ1) is 16.3. The molecule has 0 saturated heterocycles. The minimum Gasteiger partial charge on any atom is -0.271 e. The molecule has 0 fully saturated rings. The second kappa shape index (κ2) is 6.82. The number of hydrazone groups is 1. The Bertz CT molecular complexity index is 762. The highest BCUT2D eigenvalue weighted by Crippen LogP contribution is 2.12. The van der Waals surface area contributed by atoms with Crippen LogP contribution in [0.3, 0.4) is 0 Å². The van der Waals surface area contributed by atoms with E-state index in [1.165, 1.54) is 12.1 Å². The molecule has 0 aliphatic carbocycles. The maximum atomic E-state index is 11.9. The topological polar surface area (TPSA) is 102 Å². The second-order valence-corrected chi connectivity index (χ2v) is 5.12. The summed E-state index contributed by atoms with van der Waals surface area (Å²) in [4.78, 5) is 22.0. The van der Waals surface area contributed by atoms with Crippen molar-refractivity contribution in [1.29, 1.82) is 0 Å². The summed E-state index contributed by atoms with van der Waals surface area (Å²) in [5.74, 6) is -0.294. The van der Waals surface area contributed by atoms with E-state index in [9.17, 15) is 14.9 Å². The van der Waals surface area contributed by atoms with Gasteiger partial charge in [-0.2, -0.15) is 10.2 Å². The van der Waals surface area contributed by atoms with Gasteiger partial charge >= 0.3 is 0 Å². The number of nitrogens with zero attached hydrogens (tertiary/aromatic N) is 4. The molecule has 1 N–H and O–H groups in total. The van der Waals surface area contributed by atoms with Gasteiger partial charge in [0.15, 0.2) is 0 Å². The Labute approximate surface area is 133 Å². The third-order valence-corrected chi connectivity index (χ3v) is 3.24. The zero-order chi connectivity index (χ0) is 17.0. The summed E-state index contributed by atoms with van der Waals surface area (Å²) < 4.78 is 1.60. The van der Waals surface area contributed by atoms with Gasteiger partial charge in [0.05, 0.1) is 16.3 Å². The summed E-state index contributed by atoms with van der Waals surface area (Å²) >= 11 is 0. The number of benzene rings is 1. The quantitative estimate of drug-likeness (QED) is 0.517. The molecule has 1 aromatic heterocycles. The molecular weight excluding hydrogens is 298 g/mol. The van der Waals surface area contributed by atoms with Gasteiger partial charge in [-0.25, -0.2) is 5.43 Å². The number of hydrogen-bond donors (Lipinski definition) is 1. The minimum absolute atomic E-state index is 0.00936. The van der Waals surface area contributed by atoms with Gasteiger partial charge in [-0.1, -0.05) is 0 Å². The molecule has 0 atom stereocenters. The zero-order valence-corrected chi connectivity index (χ0v) is 13.1. The largest absolute Gasteiger partial charge is 0.271 e. The van der Waals surface area contributed by atoms with Crippen LogP contribution < -0.4 is 5.43 Å². The number of rotatable bonds is 5. The SMILES string of the molecule is C/C(=N/NC(=O)Cn1nc(C)cc1C)c1ccc([N+](=O)[O-])cc1. The molecule has 23 heavy (non-hydrogen) atoms. The first-order valence-electron chi connectivity index (χ1n) is 6.96. The molecule has 0 bridgehead atoms. The number of amides is 1. The fourth-order valence-electron chi connectivity index (χ4n) is 2.04. The van der Waals surface area contributed by atoms with Crippen molar-refractivity contribution < 1.29 is 9.72 Å². The van der Waals surface area contributed by atoms with Gasteiger partial charge in [-0.05, 0) is 44.5 Å². The van der Waals surface area contributed by atoms with Crippen molar-refractivity contribution in [1.82, 2.24) is 15.2 Å². The Morgan fingerprint density at radius 2 is 2.00 bits per heavy atom. The Balaban J connectivity index is 1.99. The van der Waals surface area contributed by atoms with Gasteiger partial charge in [0.25, 0.3) is 11.6 Å². The lowest BCUT2D eigenvalue weighted by atomic mass is 10.1. The van der Waals surface area contributed by atoms with Crippen molar-refractivity contribution in [3.63, 3.8) is 0 Å². The van der Waals surface area contributed by atoms with Gasteiger partial charge in [0.2, 0.25) is 0 Å². The molecule has 120 valence electrons. The zero-order valence-electron chi connectivity index (χ0n) is 13.1. The highest BCUT2D eigenvalue weighted by molar-refractivity contribution is 5.99. The fraction of sp³-hybridized carbons (Fsp3) is 0.267. The third-order valence-electron chi connectivity index (χ3n) is 3.24. The molecule has 0 unspecified atom stereocenters. The lowest BCUT2D eigenvalue weighted by molar-refractivity contribution is -0.384. The van der Waals surface area contributed by atoms with Crippen LogP contribution in [0.4, 0.5) is 5.69 Å². The minimum atomic E-state index is -0.466. The van der Waals surface area contributed by atoms with E-state index in [1.54, 1.807) is 23.7 Å². The van der Waals surface area contributed by atoms with E-state index in [0.717, 1.165) is 11.4 Å². The highest BCUT2D eigenvalue weighted by Gasteiger charge is 2.08. The van der Waals surface area contributed by atoms with Crippen molar-refractivity contribution >= 4 is 17.3 Å². The van der Waals surface area contributed by atoms with Crippen LogP contribution in [-0.2, 0) is 11.3 Å². The van der Waals surface area contributed by atoms with Crippen LogP contribution in [-0.4, -0.2) is 26.3 Å². The Morgan fingerprint density at radius 1 is 1.35 bits per heavy atom. The number of carbonyl (C=O) groups excluding carboxylic acids is 1. The predicted molar refractivity (Wildman–Crippen MR) is 85.2 cm³/mol. The summed E-state index contributed by atoms with van der Waals surface area (Å²) in [6, 6.07) is 7.85. The van der Waals surface area contributed by atoms with Crippen molar-refractivity contribution in [3.8, 4) is 0 Å². The molecule has 0 spiro atoms. The van der Waals surface area contributed by atoms with Crippen LogP contribution in [0.5, 0.6) is 0 Å². The molecule has 1 heterocycles. The first-order valence-corrected chi connectivity index (χ1v) is 6.96. The number of non-ortho nitro benzene ring substituents is 1. The summed E-state index contributed by atoms with van der Waals surface area (Å²) in [5.41, 5.74) is 5.47. The monoisotopic (exact) mass is 315 g/mol. The van der Waals surface area contributed by atoms with Crippen molar-refractivity contribution in [2.45, 2.75) is 27.3 Å². The molecule has 8 heteroatoms. The maximum absolute atomic E-state index is 11.9. The molecule has 0 aliphatic heterocycles. The number of hydrogen-bond acceptors (Lipinski definition) is 5. The number of nitrogens with one attached hydrogen (secondary N) is 1. The van der Waals surface area contributed by atoms with E-state index in [2.05, 4.69) is 15.6 Å². The normalized spacial score (nSPS) is 11.3. The molecule has 1 amide bonds. The van der Waals surface area contributed by atoms with Gasteiger partial charge < -0.3 is 0 Å². The van der Waals surface area contributed by atoms with E-state index < -0.39 is 4.92 Å². The highest BCUT2D eigenvalue weighted by atomic mass is 16.6. The maximum Gasteiger partial charge on any atom is 0.269 e. The standard InChI is InChI=1S/C15H17N5O3/c1-10-8-11(2)19(18-10)9-15(21)17-16-12(3)13-4-6-14(7-5-13)20(22)23/h4-8H,9H2,1-3H3,(H,17,21)/b16-12-. The molecule has 2 rings (SSSR count). The average Bonchev–Trinajstić information content (AvgIpc) is 2.82. The van der Waals surface area contributed by atoms with E-state index in [-0.39, 0.29) is 18.1 Å². The summed E-state index contributed by atoms with van der Waals surface area (Å²) in [7, 11) is 0. The average molecular weight is 315 g/mol. The Hall–Kier alpha value is -3.03. The Kier molecular flexibility index (Phi) is 4.85. The second-order valence-electron chi connectivity index (χ2n) is 5.12. The van der Waals surface area contributed by atoms with E-state index in [1.807, 2.05) is 19.9 Å². The Morgan fingerprint density at radius 3 is 2.52 bits per heavy atom. The molecule has 2 aromatic rings. The van der Waals surface area contributed by atoms with E-state index in [0.29, 0.717) is 11.3 Å². The molecular formula is C15H17N5O3. The van der Waals surface area contributed by atoms with Crippen LogP contribution >= 0.6 is 0 Å². The van der Waals surface area contributed by atoms with Crippen molar-refractivity contribution in [3.05, 3.63) is 57.4 Å². The predicted octanol–water partition coefficient (Wildman–Crippen LogP) is 1.95. The van der Waals surface area contributed by atoms with Crippen molar-refractivity contribution in [2.24, 2.45) is 5.10 Å². The number of aryl methyl sites for hydroxylation is 2. The van der Waals surface area contributed by atoms with Crippen LogP contribution in [0.1, 0.15) is 23.9 Å². The number of nitro groups is 1. The number of aromatic nitrogens is 2. The third kappa shape index (κ3) is 4.22. The number of carbonyl (C=O) groups is 1. The summed E-state index contributed by atoms with van der Waals surface area (Å²) in [5, 5.41) is 18.8. The van der Waals surface area contributed by atoms with Gasteiger partial charge in [0.1, 0.15) is 6.54 Å². The van der Waals surface area contributed by atoms with Crippen LogP contribution in [0.25, 0.3) is 0 Å². The molecule has 0 aliphatic rings. The van der Waals surface area contributed by atoms with E-state index >= 15 is 0 Å². The van der Waals surface area contributed by atoms with Gasteiger partial charge in [0, 0.05) is 17.8 Å². The summed E-state index contributed by atoms with van der Waals surface area (Å²) in [6.45, 7) is 5.53. The van der Waals surface area contributed by atoms with Crippen LogP contribution in [0, 0.1) is 24.0 Å². The summed E-state index contributed by atoms with van der Waals surface area (Å²) in [6.07, 6.45) is 0. The fourth-order valence-corrected chi connectivity index (χ4v) is 2.04.